The molecule has 0 bridgehead atoms. The summed E-state index contributed by atoms with van der Waals surface area (Å²) in [6, 6.07) is 8.74. The van der Waals surface area contributed by atoms with Gasteiger partial charge in [0.1, 0.15) is 15.7 Å². The zero-order valence-corrected chi connectivity index (χ0v) is 16.8. The van der Waals surface area contributed by atoms with Crippen LogP contribution in [0.5, 0.6) is 0 Å². The van der Waals surface area contributed by atoms with Crippen LogP contribution in [-0.2, 0) is 9.84 Å². The first kappa shape index (κ1) is 18.5. The van der Waals surface area contributed by atoms with Gasteiger partial charge in [-0.3, -0.25) is 0 Å². The molecule has 1 aliphatic rings. The zero-order chi connectivity index (χ0) is 19.2. The van der Waals surface area contributed by atoms with Crippen molar-refractivity contribution in [3.63, 3.8) is 0 Å². The van der Waals surface area contributed by atoms with E-state index in [-0.39, 0.29) is 11.2 Å². The van der Waals surface area contributed by atoms with Crippen molar-refractivity contribution in [1.29, 1.82) is 0 Å². The van der Waals surface area contributed by atoms with Crippen molar-refractivity contribution < 1.29 is 8.42 Å². The summed E-state index contributed by atoms with van der Waals surface area (Å²) in [7, 11) is -3.01. The Morgan fingerprint density at radius 2 is 1.85 bits per heavy atom. The molecule has 142 valence electrons. The number of hydrogen-bond donors (Lipinski definition) is 1. The van der Waals surface area contributed by atoms with Gasteiger partial charge in [0.05, 0.1) is 5.75 Å². The van der Waals surface area contributed by atoms with E-state index >= 15 is 0 Å². The molecule has 3 aromatic rings. The third-order valence-corrected chi connectivity index (χ3v) is 6.13. The molecule has 1 N–H and O–H groups in total. The minimum Gasteiger partial charge on any atom is -0.368 e. The summed E-state index contributed by atoms with van der Waals surface area (Å²) in [5, 5.41) is 17.1. The molecule has 1 saturated carbocycles. The predicted molar refractivity (Wildman–Crippen MR) is 106 cm³/mol. The monoisotopic (exact) mass is 425 g/mol. The molecule has 10 heteroatoms. The highest BCUT2D eigenvalue weighted by Gasteiger charge is 2.45. The highest BCUT2D eigenvalue weighted by molar-refractivity contribution is 7.90. The highest BCUT2D eigenvalue weighted by Crippen LogP contribution is 2.46. The molecule has 0 unspecified atom stereocenters. The van der Waals surface area contributed by atoms with Crippen molar-refractivity contribution in [2.75, 3.05) is 23.9 Å². The summed E-state index contributed by atoms with van der Waals surface area (Å²) in [6.07, 6.45) is 3.07. The Hall–Kier alpha value is -1.90. The van der Waals surface area contributed by atoms with Crippen LogP contribution in [0.3, 0.4) is 0 Å². The summed E-state index contributed by atoms with van der Waals surface area (Å²) in [4.78, 5) is 0. The summed E-state index contributed by atoms with van der Waals surface area (Å²) >= 11 is 12.2. The molecule has 2 aromatic heterocycles. The molecule has 2 heterocycles. The summed E-state index contributed by atoms with van der Waals surface area (Å²) in [5.41, 5.74) is 1.10. The van der Waals surface area contributed by atoms with E-state index < -0.39 is 9.84 Å². The third-order valence-electron chi connectivity index (χ3n) is 4.55. The Morgan fingerprint density at radius 3 is 2.48 bits per heavy atom. The number of aromatic nitrogens is 4. The molecule has 0 aliphatic heterocycles. The third kappa shape index (κ3) is 4.17. The Labute approximate surface area is 166 Å². The van der Waals surface area contributed by atoms with Gasteiger partial charge in [-0.2, -0.15) is 4.52 Å². The molecule has 4 rings (SSSR count). The molecule has 0 spiro atoms. The largest absolute Gasteiger partial charge is 0.368 e. The number of nitrogens with one attached hydrogen (secondary N) is 1. The van der Waals surface area contributed by atoms with Gasteiger partial charge in [0.25, 0.3) is 0 Å². The van der Waals surface area contributed by atoms with Crippen LogP contribution in [0.2, 0.25) is 10.0 Å². The normalized spacial score (nSPS) is 15.8. The second kappa shape index (κ2) is 6.61. The second-order valence-electron chi connectivity index (χ2n) is 7.09. The Kier molecular flexibility index (Phi) is 4.52. The fourth-order valence-corrected chi connectivity index (χ4v) is 5.16. The lowest BCUT2D eigenvalue weighted by molar-refractivity contribution is 0.560. The topological polar surface area (TPSA) is 89.2 Å². The van der Waals surface area contributed by atoms with Gasteiger partial charge in [-0.15, -0.1) is 15.3 Å². The first-order valence-electron chi connectivity index (χ1n) is 8.34. The van der Waals surface area contributed by atoms with E-state index in [9.17, 15) is 8.42 Å². The van der Waals surface area contributed by atoms with E-state index in [0.717, 1.165) is 12.8 Å². The van der Waals surface area contributed by atoms with Gasteiger partial charge in [-0.1, -0.05) is 23.2 Å². The van der Waals surface area contributed by atoms with Gasteiger partial charge in [0.2, 0.25) is 0 Å². The number of anilines is 1. The molecule has 1 aliphatic carbocycles. The number of fused-ring (bicyclic) bond motifs is 1. The minimum atomic E-state index is -3.01. The maximum absolute atomic E-state index is 11.6. The number of hydrogen-bond acceptors (Lipinski definition) is 6. The Bertz CT molecular complexity index is 1110. The zero-order valence-electron chi connectivity index (χ0n) is 14.5. The molecule has 1 aromatic carbocycles. The standard InChI is InChI=1S/C17H17Cl2N5O2S/c1-27(25,26)10-17(4-5-17)9-20-14-2-3-15-21-22-16(24(15)23-14)11-6-12(18)8-13(19)7-11/h2-3,6-8H,4-5,9-10H2,1H3,(H,20,23). The van der Waals surface area contributed by atoms with E-state index in [2.05, 4.69) is 20.6 Å². The van der Waals surface area contributed by atoms with Gasteiger partial charge in [-0.05, 0) is 43.2 Å². The average Bonchev–Trinajstić information content (AvgIpc) is 3.17. The van der Waals surface area contributed by atoms with Gasteiger partial charge in [-0.25, -0.2) is 8.42 Å². The lowest BCUT2D eigenvalue weighted by Crippen LogP contribution is -2.24. The number of nitrogens with zero attached hydrogens (tertiary/aromatic N) is 4. The highest BCUT2D eigenvalue weighted by atomic mass is 35.5. The van der Waals surface area contributed by atoms with Crippen molar-refractivity contribution in [3.8, 4) is 11.4 Å². The molecular weight excluding hydrogens is 409 g/mol. The van der Waals surface area contributed by atoms with Crippen LogP contribution in [0.4, 0.5) is 5.82 Å². The Balaban J connectivity index is 1.61. The molecule has 1 fully saturated rings. The molecule has 0 atom stereocenters. The molecular formula is C17H17Cl2N5O2S. The van der Waals surface area contributed by atoms with Crippen LogP contribution >= 0.6 is 23.2 Å². The first-order valence-corrected chi connectivity index (χ1v) is 11.2. The van der Waals surface area contributed by atoms with Crippen molar-refractivity contribution in [2.24, 2.45) is 5.41 Å². The van der Waals surface area contributed by atoms with Gasteiger partial charge < -0.3 is 5.32 Å². The second-order valence-corrected chi connectivity index (χ2v) is 10.1. The van der Waals surface area contributed by atoms with E-state index in [0.29, 0.717) is 39.4 Å². The van der Waals surface area contributed by atoms with Gasteiger partial charge in [0.15, 0.2) is 11.5 Å². The van der Waals surface area contributed by atoms with Gasteiger partial charge >= 0.3 is 0 Å². The van der Waals surface area contributed by atoms with Crippen LogP contribution in [0.15, 0.2) is 30.3 Å². The summed E-state index contributed by atoms with van der Waals surface area (Å²) in [6.45, 7) is 0.555. The fraction of sp³-hybridized carbons (Fsp3) is 0.353. The summed E-state index contributed by atoms with van der Waals surface area (Å²) < 4.78 is 24.8. The van der Waals surface area contributed by atoms with Crippen LogP contribution in [-0.4, -0.2) is 46.8 Å². The quantitative estimate of drug-likeness (QED) is 0.651. The number of halogens is 2. The van der Waals surface area contributed by atoms with E-state index in [4.69, 9.17) is 23.2 Å². The molecule has 7 nitrogen and oxygen atoms in total. The average molecular weight is 426 g/mol. The minimum absolute atomic E-state index is 0.189. The molecule has 0 saturated heterocycles. The SMILES string of the molecule is CS(=O)(=O)CC1(CNc2ccc3nnc(-c4cc(Cl)cc(Cl)c4)n3n2)CC1. The van der Waals surface area contributed by atoms with Crippen molar-refractivity contribution in [1.82, 2.24) is 19.8 Å². The maximum atomic E-state index is 11.6. The Morgan fingerprint density at radius 1 is 1.15 bits per heavy atom. The van der Waals surface area contributed by atoms with Gasteiger partial charge in [0, 0.05) is 33.8 Å². The van der Waals surface area contributed by atoms with E-state index in [1.54, 1.807) is 34.8 Å². The van der Waals surface area contributed by atoms with Crippen molar-refractivity contribution in [2.45, 2.75) is 12.8 Å². The number of benzene rings is 1. The smallest absolute Gasteiger partial charge is 0.185 e. The lowest BCUT2D eigenvalue weighted by atomic mass is 10.1. The fourth-order valence-electron chi connectivity index (χ4n) is 3.13. The number of sulfone groups is 1. The summed E-state index contributed by atoms with van der Waals surface area (Å²) in [5.74, 6) is 1.33. The van der Waals surface area contributed by atoms with E-state index in [1.807, 2.05) is 0 Å². The van der Waals surface area contributed by atoms with Crippen molar-refractivity contribution in [3.05, 3.63) is 40.4 Å². The van der Waals surface area contributed by atoms with Crippen LogP contribution in [0.25, 0.3) is 17.0 Å². The number of rotatable bonds is 6. The molecule has 0 radical (unpaired) electrons. The van der Waals surface area contributed by atoms with Crippen LogP contribution in [0, 0.1) is 5.41 Å². The van der Waals surface area contributed by atoms with E-state index in [1.165, 1.54) is 6.26 Å². The molecule has 0 amide bonds. The first-order chi connectivity index (χ1) is 12.7. The maximum Gasteiger partial charge on any atom is 0.185 e. The lowest BCUT2D eigenvalue weighted by Gasteiger charge is -2.15. The van der Waals surface area contributed by atoms with Crippen LogP contribution < -0.4 is 5.32 Å². The van der Waals surface area contributed by atoms with Crippen molar-refractivity contribution >= 4 is 44.5 Å². The van der Waals surface area contributed by atoms with Crippen LogP contribution in [0.1, 0.15) is 12.8 Å². The predicted octanol–water partition coefficient (Wildman–Crippen LogP) is 3.33. The molecule has 27 heavy (non-hydrogen) atoms.